The number of rotatable bonds is 6. The quantitative estimate of drug-likeness (QED) is 0.457. The van der Waals surface area contributed by atoms with Crippen LogP contribution < -0.4 is 4.74 Å². The van der Waals surface area contributed by atoms with Gasteiger partial charge in [-0.25, -0.2) is 0 Å². The number of hydrogen-bond acceptors (Lipinski definition) is 4. The van der Waals surface area contributed by atoms with Gasteiger partial charge in [-0.3, -0.25) is 9.59 Å². The topological polar surface area (TPSA) is 57.5 Å². The molecule has 0 unspecified atom stereocenters. The summed E-state index contributed by atoms with van der Waals surface area (Å²) in [6.45, 7) is 7.48. The van der Waals surface area contributed by atoms with Crippen LogP contribution in [0, 0.1) is 0 Å². The second-order valence-corrected chi connectivity index (χ2v) is 7.77. The first-order valence-corrected chi connectivity index (χ1v) is 9.25. The Bertz CT molecular complexity index is 997. The molecule has 0 atom stereocenters. The lowest BCUT2D eigenvalue weighted by molar-refractivity contribution is -0.155. The number of benzene rings is 2. The van der Waals surface area contributed by atoms with Crippen LogP contribution in [0.1, 0.15) is 43.6 Å². The number of esters is 1. The Kier molecular flexibility index (Phi) is 5.54. The molecule has 0 fully saturated rings. The average molecular weight is 379 g/mol. The number of hydrogen-bond donors (Lipinski definition) is 0. The zero-order valence-corrected chi connectivity index (χ0v) is 16.7. The van der Waals surface area contributed by atoms with Gasteiger partial charge in [0.25, 0.3) is 0 Å². The van der Waals surface area contributed by atoms with E-state index in [0.717, 1.165) is 16.5 Å². The van der Waals surface area contributed by atoms with Gasteiger partial charge >= 0.3 is 5.97 Å². The van der Waals surface area contributed by atoms with Crippen molar-refractivity contribution >= 4 is 22.7 Å². The van der Waals surface area contributed by atoms with Gasteiger partial charge in [0.2, 0.25) is 0 Å². The van der Waals surface area contributed by atoms with E-state index < -0.39 is 5.60 Å². The molecular formula is C23H25NO4. The van der Waals surface area contributed by atoms with Crippen LogP contribution in [-0.2, 0) is 22.7 Å². The van der Waals surface area contributed by atoms with Crippen molar-refractivity contribution in [2.75, 3.05) is 0 Å². The molecule has 0 spiro atoms. The number of nitrogens with zero attached hydrogens (tertiary/aromatic N) is 1. The number of ether oxygens (including phenoxy) is 2. The molecule has 1 heterocycles. The molecular weight excluding hydrogens is 354 g/mol. The summed E-state index contributed by atoms with van der Waals surface area (Å²) in [5.41, 5.74) is 1.85. The molecule has 0 aliphatic rings. The highest BCUT2D eigenvalue weighted by atomic mass is 16.6. The first-order valence-electron chi connectivity index (χ1n) is 9.25. The van der Waals surface area contributed by atoms with Gasteiger partial charge in [0.05, 0.1) is 5.52 Å². The van der Waals surface area contributed by atoms with Crippen LogP contribution in [0.15, 0.2) is 54.7 Å². The van der Waals surface area contributed by atoms with E-state index in [9.17, 15) is 9.59 Å². The van der Waals surface area contributed by atoms with Crippen LogP contribution in [-0.4, -0.2) is 21.9 Å². The van der Waals surface area contributed by atoms with Crippen molar-refractivity contribution < 1.29 is 19.1 Å². The third kappa shape index (κ3) is 4.80. The zero-order valence-electron chi connectivity index (χ0n) is 16.7. The molecule has 5 nitrogen and oxygen atoms in total. The Morgan fingerprint density at radius 1 is 1.04 bits per heavy atom. The minimum absolute atomic E-state index is 0.0309. The minimum atomic E-state index is -0.562. The zero-order chi connectivity index (χ0) is 20.3. The van der Waals surface area contributed by atoms with E-state index in [1.54, 1.807) is 10.8 Å². The number of aromatic nitrogens is 1. The highest BCUT2D eigenvalue weighted by molar-refractivity contribution is 6.07. The van der Waals surface area contributed by atoms with Gasteiger partial charge in [0, 0.05) is 23.2 Å². The minimum Gasteiger partial charge on any atom is -0.489 e. The summed E-state index contributed by atoms with van der Waals surface area (Å²) in [5.74, 6) is 0.274. The molecule has 3 aromatic rings. The average Bonchev–Trinajstić information content (AvgIpc) is 2.97. The Balaban J connectivity index is 1.89. The van der Waals surface area contributed by atoms with Crippen molar-refractivity contribution in [3.8, 4) is 5.75 Å². The van der Waals surface area contributed by atoms with Crippen molar-refractivity contribution in [2.24, 2.45) is 0 Å². The fourth-order valence-electron chi connectivity index (χ4n) is 3.03. The third-order valence-electron chi connectivity index (χ3n) is 4.20. The van der Waals surface area contributed by atoms with E-state index in [-0.39, 0.29) is 18.3 Å². The third-order valence-corrected chi connectivity index (χ3v) is 4.20. The van der Waals surface area contributed by atoms with E-state index in [1.165, 1.54) is 6.92 Å². The highest BCUT2D eigenvalue weighted by Gasteiger charge is 2.19. The second kappa shape index (κ2) is 7.89. The van der Waals surface area contributed by atoms with Crippen molar-refractivity contribution in [3.63, 3.8) is 0 Å². The molecule has 0 saturated heterocycles. The van der Waals surface area contributed by atoms with Crippen LogP contribution >= 0.6 is 0 Å². The standard InChI is InChI=1S/C23H25NO4/c1-16(25)20-13-24(14-22(26)28-23(2,3)4)21-12-18(10-11-19(20)21)27-15-17-8-6-5-7-9-17/h5-13H,14-15H2,1-4H3. The molecule has 3 rings (SSSR count). The molecule has 0 radical (unpaired) electrons. The van der Waals surface area contributed by atoms with Gasteiger partial charge in [-0.05, 0) is 45.4 Å². The largest absolute Gasteiger partial charge is 0.489 e. The number of fused-ring (bicyclic) bond motifs is 1. The molecule has 2 aromatic carbocycles. The molecule has 146 valence electrons. The van der Waals surface area contributed by atoms with Crippen LogP contribution in [0.25, 0.3) is 10.9 Å². The van der Waals surface area contributed by atoms with E-state index in [0.29, 0.717) is 17.9 Å². The SMILES string of the molecule is CC(=O)c1cn(CC(=O)OC(C)(C)C)c2cc(OCc3ccccc3)ccc12. The first kappa shape index (κ1) is 19.7. The predicted molar refractivity (Wildman–Crippen MR) is 109 cm³/mol. The summed E-state index contributed by atoms with van der Waals surface area (Å²) >= 11 is 0. The predicted octanol–water partition coefficient (Wildman–Crippen LogP) is 4.76. The van der Waals surface area contributed by atoms with Crippen LogP contribution in [0.2, 0.25) is 0 Å². The van der Waals surface area contributed by atoms with Crippen molar-refractivity contribution in [1.29, 1.82) is 0 Å². The summed E-state index contributed by atoms with van der Waals surface area (Å²) in [7, 11) is 0. The maximum atomic E-state index is 12.3. The lowest BCUT2D eigenvalue weighted by atomic mass is 10.1. The number of carbonyl (C=O) groups excluding carboxylic acids is 2. The summed E-state index contributed by atoms with van der Waals surface area (Å²) in [5, 5.41) is 0.795. The molecule has 5 heteroatoms. The molecule has 0 N–H and O–H groups in total. The van der Waals surface area contributed by atoms with E-state index >= 15 is 0 Å². The van der Waals surface area contributed by atoms with Gasteiger partial charge in [-0.15, -0.1) is 0 Å². The number of carbonyl (C=O) groups is 2. The van der Waals surface area contributed by atoms with E-state index in [1.807, 2.05) is 69.3 Å². The molecule has 0 aliphatic heterocycles. The molecule has 28 heavy (non-hydrogen) atoms. The Morgan fingerprint density at radius 3 is 2.39 bits per heavy atom. The smallest absolute Gasteiger partial charge is 0.326 e. The maximum Gasteiger partial charge on any atom is 0.326 e. The molecule has 0 aliphatic carbocycles. The normalized spacial score (nSPS) is 11.4. The lowest BCUT2D eigenvalue weighted by Crippen LogP contribution is -2.26. The van der Waals surface area contributed by atoms with Gasteiger partial charge in [-0.2, -0.15) is 0 Å². The monoisotopic (exact) mass is 379 g/mol. The highest BCUT2D eigenvalue weighted by Crippen LogP contribution is 2.27. The molecule has 1 aromatic heterocycles. The van der Waals surface area contributed by atoms with Crippen LogP contribution in [0.5, 0.6) is 5.75 Å². The Morgan fingerprint density at radius 2 is 1.75 bits per heavy atom. The van der Waals surface area contributed by atoms with Crippen molar-refractivity contribution in [3.05, 3.63) is 65.9 Å². The van der Waals surface area contributed by atoms with Gasteiger partial charge in [-0.1, -0.05) is 30.3 Å². The van der Waals surface area contributed by atoms with E-state index in [4.69, 9.17) is 9.47 Å². The van der Waals surface area contributed by atoms with Crippen LogP contribution in [0.4, 0.5) is 0 Å². The van der Waals surface area contributed by atoms with Gasteiger partial charge in [0.15, 0.2) is 5.78 Å². The fraction of sp³-hybridized carbons (Fsp3) is 0.304. The van der Waals surface area contributed by atoms with Crippen molar-refractivity contribution in [1.82, 2.24) is 4.57 Å². The molecule has 0 saturated carbocycles. The molecule has 0 bridgehead atoms. The molecule has 0 amide bonds. The second-order valence-electron chi connectivity index (χ2n) is 7.77. The van der Waals surface area contributed by atoms with Gasteiger partial charge < -0.3 is 14.0 Å². The summed E-state index contributed by atoms with van der Waals surface area (Å²) in [4.78, 5) is 24.3. The first-order chi connectivity index (χ1) is 13.2. The number of Topliss-reactive ketones (excluding diaryl/α,β-unsaturated/α-hetero) is 1. The lowest BCUT2D eigenvalue weighted by Gasteiger charge is -2.19. The Labute approximate surface area is 164 Å². The Hall–Kier alpha value is -3.08. The van der Waals surface area contributed by atoms with Gasteiger partial charge in [0.1, 0.15) is 24.5 Å². The summed E-state index contributed by atoms with van der Waals surface area (Å²) in [6.07, 6.45) is 1.71. The maximum absolute atomic E-state index is 12.3. The summed E-state index contributed by atoms with van der Waals surface area (Å²) < 4.78 is 13.1. The number of ketones is 1. The van der Waals surface area contributed by atoms with Crippen molar-refractivity contribution in [2.45, 2.75) is 46.4 Å². The summed E-state index contributed by atoms with van der Waals surface area (Å²) in [6, 6.07) is 15.4. The van der Waals surface area contributed by atoms with Crippen LogP contribution in [0.3, 0.4) is 0 Å². The van der Waals surface area contributed by atoms with E-state index in [2.05, 4.69) is 0 Å². The fourth-order valence-corrected chi connectivity index (χ4v) is 3.03.